The quantitative estimate of drug-likeness (QED) is 0.584. The van der Waals surface area contributed by atoms with Crippen LogP contribution in [0.4, 0.5) is 0 Å². The molecule has 1 aliphatic heterocycles. The molecule has 9 heteroatoms. The van der Waals surface area contributed by atoms with E-state index in [9.17, 15) is 10.2 Å². The van der Waals surface area contributed by atoms with Gasteiger partial charge in [-0.15, -0.1) is 0 Å². The number of aliphatic hydroxyl groups is 2. The Morgan fingerprint density at radius 2 is 2.13 bits per heavy atom. The Balaban J connectivity index is 1.45. The molecule has 0 saturated heterocycles. The van der Waals surface area contributed by atoms with Gasteiger partial charge in [-0.1, -0.05) is 11.6 Å². The summed E-state index contributed by atoms with van der Waals surface area (Å²) in [6.07, 6.45) is 1.16. The molecule has 0 radical (unpaired) electrons. The van der Waals surface area contributed by atoms with Gasteiger partial charge in [0, 0.05) is 36.1 Å². The number of aryl methyl sites for hydroxylation is 1. The van der Waals surface area contributed by atoms with Crippen molar-refractivity contribution in [2.24, 2.45) is 0 Å². The van der Waals surface area contributed by atoms with Gasteiger partial charge in [-0.25, -0.2) is 9.97 Å². The molecule has 30 heavy (non-hydrogen) atoms. The van der Waals surface area contributed by atoms with Crippen LogP contribution >= 0.6 is 11.6 Å². The predicted molar refractivity (Wildman–Crippen MR) is 111 cm³/mol. The lowest BCUT2D eigenvalue weighted by Crippen LogP contribution is -2.34. The third-order valence-electron chi connectivity index (χ3n) is 5.91. The van der Waals surface area contributed by atoms with Crippen LogP contribution in [0.1, 0.15) is 23.7 Å². The summed E-state index contributed by atoms with van der Waals surface area (Å²) in [6.45, 7) is 3.76. The van der Waals surface area contributed by atoms with Crippen LogP contribution < -0.4 is 14.8 Å². The van der Waals surface area contributed by atoms with Crippen LogP contribution in [0.5, 0.6) is 11.5 Å². The second-order valence-corrected chi connectivity index (χ2v) is 8.20. The second kappa shape index (κ2) is 7.70. The molecular weight excluding hydrogens is 408 g/mol. The molecule has 2 aliphatic rings. The van der Waals surface area contributed by atoms with Crippen molar-refractivity contribution in [3.8, 4) is 11.5 Å². The average molecular weight is 431 g/mol. The summed E-state index contributed by atoms with van der Waals surface area (Å²) >= 11 is 6.27. The molecule has 0 unspecified atom stereocenters. The fraction of sp³-hybridized carbons (Fsp3) is 0.429. The molecule has 158 valence electrons. The molecule has 1 aromatic carbocycles. The minimum absolute atomic E-state index is 0.371. The maximum absolute atomic E-state index is 10.8. The second-order valence-electron chi connectivity index (χ2n) is 7.77. The minimum atomic E-state index is -1.05. The number of ether oxygens (including phenoxy) is 2. The SMILES string of the molecule is Cc1ncnc2c1ccn2[C@@H]1C[C@H](Oc2cc(Cl)cc3c2CNCCO3)[C@@H](O)[C@H]1O. The van der Waals surface area contributed by atoms with Crippen LogP contribution in [0.2, 0.25) is 5.02 Å². The number of fused-ring (bicyclic) bond motifs is 2. The maximum atomic E-state index is 10.8. The van der Waals surface area contributed by atoms with Crippen LogP contribution in [0.3, 0.4) is 0 Å². The van der Waals surface area contributed by atoms with Crippen molar-refractivity contribution in [2.45, 2.75) is 44.2 Å². The predicted octanol–water partition coefficient (Wildman–Crippen LogP) is 1.99. The van der Waals surface area contributed by atoms with Gasteiger partial charge >= 0.3 is 0 Å². The number of aliphatic hydroxyl groups excluding tert-OH is 2. The van der Waals surface area contributed by atoms with E-state index in [1.807, 2.05) is 23.8 Å². The highest BCUT2D eigenvalue weighted by Crippen LogP contribution is 2.39. The molecule has 0 bridgehead atoms. The van der Waals surface area contributed by atoms with E-state index in [4.69, 9.17) is 21.1 Å². The number of hydrogen-bond acceptors (Lipinski definition) is 7. The highest BCUT2D eigenvalue weighted by Gasteiger charge is 2.44. The van der Waals surface area contributed by atoms with E-state index < -0.39 is 18.3 Å². The van der Waals surface area contributed by atoms with Crippen LogP contribution in [0, 0.1) is 6.92 Å². The van der Waals surface area contributed by atoms with E-state index in [2.05, 4.69) is 15.3 Å². The van der Waals surface area contributed by atoms with Gasteiger partial charge in [-0.05, 0) is 25.1 Å². The summed E-state index contributed by atoms with van der Waals surface area (Å²) in [7, 11) is 0. The lowest BCUT2D eigenvalue weighted by Gasteiger charge is -2.21. The van der Waals surface area contributed by atoms with Crippen LogP contribution in [-0.2, 0) is 6.54 Å². The van der Waals surface area contributed by atoms with Crippen molar-refractivity contribution in [2.75, 3.05) is 13.2 Å². The number of nitrogens with zero attached hydrogens (tertiary/aromatic N) is 3. The Hall–Kier alpha value is -2.39. The average Bonchev–Trinajstić information content (AvgIpc) is 3.16. The zero-order valence-corrected chi connectivity index (χ0v) is 17.2. The van der Waals surface area contributed by atoms with Gasteiger partial charge in [-0.2, -0.15) is 0 Å². The van der Waals surface area contributed by atoms with Gasteiger partial charge in [0.2, 0.25) is 0 Å². The molecule has 0 amide bonds. The van der Waals surface area contributed by atoms with Gasteiger partial charge < -0.3 is 29.6 Å². The molecule has 3 aromatic rings. The van der Waals surface area contributed by atoms with Crippen LogP contribution in [0.25, 0.3) is 11.0 Å². The standard InChI is InChI=1S/C21H23ClN4O4/c1-11-13-2-4-26(21(13)25-10-24-11)15-8-18(20(28)19(15)27)30-17-7-12(22)6-16-14(17)9-23-3-5-29-16/h2,4,6-7,10,15,18-20,23,27-28H,3,5,8-9H2,1H3/t15-,18+,19+,20-/m1/s1. The van der Waals surface area contributed by atoms with E-state index in [1.165, 1.54) is 6.33 Å². The number of benzene rings is 1. The van der Waals surface area contributed by atoms with Crippen molar-refractivity contribution in [1.29, 1.82) is 0 Å². The summed E-state index contributed by atoms with van der Waals surface area (Å²) in [5, 5.41) is 26.2. The van der Waals surface area contributed by atoms with Crippen molar-refractivity contribution in [1.82, 2.24) is 19.9 Å². The molecule has 1 saturated carbocycles. The van der Waals surface area contributed by atoms with Gasteiger partial charge in [0.15, 0.2) is 0 Å². The van der Waals surface area contributed by atoms with Crippen molar-refractivity contribution < 1.29 is 19.7 Å². The molecule has 5 rings (SSSR count). The first kappa shape index (κ1) is 19.6. The fourth-order valence-electron chi connectivity index (χ4n) is 4.33. The Morgan fingerprint density at radius 3 is 3.00 bits per heavy atom. The molecule has 8 nitrogen and oxygen atoms in total. The van der Waals surface area contributed by atoms with Gasteiger partial charge in [0.05, 0.1) is 17.3 Å². The van der Waals surface area contributed by atoms with Gasteiger partial charge in [0.1, 0.15) is 48.4 Å². The van der Waals surface area contributed by atoms with Gasteiger partial charge in [0.25, 0.3) is 0 Å². The number of rotatable bonds is 3. The molecule has 4 atom stereocenters. The van der Waals surface area contributed by atoms with Crippen molar-refractivity contribution in [3.63, 3.8) is 0 Å². The van der Waals surface area contributed by atoms with Gasteiger partial charge in [-0.3, -0.25) is 0 Å². The Morgan fingerprint density at radius 1 is 1.27 bits per heavy atom. The van der Waals surface area contributed by atoms with Crippen LogP contribution in [0.15, 0.2) is 30.7 Å². The monoisotopic (exact) mass is 430 g/mol. The zero-order chi connectivity index (χ0) is 20.8. The fourth-order valence-corrected chi connectivity index (χ4v) is 4.53. The van der Waals surface area contributed by atoms with Crippen molar-refractivity contribution in [3.05, 3.63) is 47.0 Å². The first-order valence-corrected chi connectivity index (χ1v) is 10.4. The molecule has 3 heterocycles. The first-order valence-electron chi connectivity index (χ1n) is 10.00. The third kappa shape index (κ3) is 3.30. The minimum Gasteiger partial charge on any atom is -0.492 e. The lowest BCUT2D eigenvalue weighted by molar-refractivity contribution is -0.0166. The Labute approximate surface area is 178 Å². The molecule has 0 spiro atoms. The normalized spacial score (nSPS) is 26.3. The molecular formula is C21H23ClN4O4. The summed E-state index contributed by atoms with van der Waals surface area (Å²) in [4.78, 5) is 8.59. The molecule has 1 fully saturated rings. The molecule has 1 aliphatic carbocycles. The van der Waals surface area contributed by atoms with E-state index in [0.717, 1.165) is 28.8 Å². The Kier molecular flexibility index (Phi) is 5.02. The smallest absolute Gasteiger partial charge is 0.143 e. The number of aromatic nitrogens is 3. The molecule has 3 N–H and O–H groups in total. The first-order chi connectivity index (χ1) is 14.5. The highest BCUT2D eigenvalue weighted by molar-refractivity contribution is 6.30. The lowest BCUT2D eigenvalue weighted by atomic mass is 10.1. The number of hydrogen-bond donors (Lipinski definition) is 3. The number of halogens is 1. The summed E-state index contributed by atoms with van der Waals surface area (Å²) < 4.78 is 13.9. The highest BCUT2D eigenvalue weighted by atomic mass is 35.5. The maximum Gasteiger partial charge on any atom is 0.143 e. The van der Waals surface area contributed by atoms with E-state index in [1.54, 1.807) is 12.1 Å². The zero-order valence-electron chi connectivity index (χ0n) is 16.5. The largest absolute Gasteiger partial charge is 0.492 e. The van der Waals surface area contributed by atoms with Crippen LogP contribution in [-0.4, -0.2) is 56.2 Å². The number of nitrogens with one attached hydrogen (secondary N) is 1. The van der Waals surface area contributed by atoms with E-state index in [-0.39, 0.29) is 6.04 Å². The Bertz CT molecular complexity index is 1090. The topological polar surface area (TPSA) is 102 Å². The van der Waals surface area contributed by atoms with Crippen molar-refractivity contribution >= 4 is 22.6 Å². The van der Waals surface area contributed by atoms with E-state index >= 15 is 0 Å². The summed E-state index contributed by atoms with van der Waals surface area (Å²) in [6, 6.07) is 5.06. The summed E-state index contributed by atoms with van der Waals surface area (Å²) in [5.41, 5.74) is 2.46. The summed E-state index contributed by atoms with van der Waals surface area (Å²) in [5.74, 6) is 1.23. The van der Waals surface area contributed by atoms with E-state index in [0.29, 0.717) is 36.1 Å². The third-order valence-corrected chi connectivity index (χ3v) is 6.13. The molecule has 2 aromatic heterocycles.